The van der Waals surface area contributed by atoms with Gasteiger partial charge in [0, 0.05) is 11.1 Å². The Labute approximate surface area is 113 Å². The zero-order valence-electron chi connectivity index (χ0n) is 11.1. The Hall–Kier alpha value is -0.630. The van der Waals surface area contributed by atoms with Gasteiger partial charge in [0.15, 0.2) is 0 Å². The molecule has 0 aromatic heterocycles. The second-order valence-corrected chi connectivity index (χ2v) is 5.67. The Morgan fingerprint density at radius 2 is 1.50 bits per heavy atom. The summed E-state index contributed by atoms with van der Waals surface area (Å²) in [5.74, 6) is 0.684. The van der Waals surface area contributed by atoms with Crippen LogP contribution in [0.5, 0.6) is 0 Å². The van der Waals surface area contributed by atoms with Crippen LogP contribution in [0.1, 0.15) is 46.0 Å². The molecule has 2 rings (SSSR count). The van der Waals surface area contributed by atoms with Crippen LogP contribution in [0.2, 0.25) is 5.02 Å². The minimum atomic E-state index is -0.653. The van der Waals surface area contributed by atoms with E-state index in [2.05, 4.69) is 13.8 Å². The van der Waals surface area contributed by atoms with Gasteiger partial charge in [0.25, 0.3) is 0 Å². The third kappa shape index (κ3) is 5.81. The molecule has 0 heterocycles. The fourth-order valence-corrected chi connectivity index (χ4v) is 2.53. The monoisotopic (exact) mass is 274 g/mol. The maximum absolute atomic E-state index is 12.1. The first-order valence-corrected chi connectivity index (χ1v) is 6.98. The van der Waals surface area contributed by atoms with Crippen LogP contribution in [-0.2, 0) is 0 Å². The van der Waals surface area contributed by atoms with Gasteiger partial charge in [-0.3, -0.25) is 0 Å². The highest BCUT2D eigenvalue weighted by Gasteiger charge is 2.15. The quantitative estimate of drug-likeness (QED) is 0.603. The topological polar surface area (TPSA) is 0 Å². The second-order valence-electron chi connectivity index (χ2n) is 5.23. The summed E-state index contributed by atoms with van der Waals surface area (Å²) in [6.07, 6.45) is 7.46. The van der Waals surface area contributed by atoms with E-state index in [0.29, 0.717) is 0 Å². The Bertz CT molecular complexity index is 307. The lowest BCUT2D eigenvalue weighted by molar-refractivity contribution is 0.279. The lowest BCUT2D eigenvalue weighted by atomic mass is 9.82. The molecule has 0 spiro atoms. The molecular weight excluding hydrogens is 254 g/mol. The molecule has 0 bridgehead atoms. The Kier molecular flexibility index (Phi) is 6.62. The average Bonchev–Trinajstić information content (AvgIpc) is 2.29. The van der Waals surface area contributed by atoms with E-state index in [1.807, 2.05) is 0 Å². The average molecular weight is 275 g/mol. The molecule has 0 nitrogen and oxygen atoms in total. The third-order valence-electron chi connectivity index (χ3n) is 3.42. The summed E-state index contributed by atoms with van der Waals surface area (Å²) in [6, 6.07) is 2.86. The molecule has 1 aromatic rings. The fourth-order valence-electron chi connectivity index (χ4n) is 2.32. The van der Waals surface area contributed by atoms with E-state index < -0.39 is 11.6 Å². The molecule has 3 heteroatoms. The Morgan fingerprint density at radius 3 is 1.83 bits per heavy atom. The maximum Gasteiger partial charge on any atom is 0.127 e. The third-order valence-corrected chi connectivity index (χ3v) is 3.64. The van der Waals surface area contributed by atoms with E-state index >= 15 is 0 Å². The van der Waals surface area contributed by atoms with Crippen LogP contribution in [0, 0.1) is 23.5 Å². The second kappa shape index (κ2) is 7.73. The van der Waals surface area contributed by atoms with E-state index in [-0.39, 0.29) is 5.02 Å². The first-order valence-electron chi connectivity index (χ1n) is 6.60. The number of hydrogen-bond acceptors (Lipinski definition) is 0. The van der Waals surface area contributed by atoms with Gasteiger partial charge in [-0.15, -0.1) is 0 Å². The van der Waals surface area contributed by atoms with E-state index in [1.165, 1.54) is 32.1 Å². The van der Waals surface area contributed by atoms with Crippen LogP contribution in [0.25, 0.3) is 0 Å². The molecule has 1 fully saturated rings. The van der Waals surface area contributed by atoms with Gasteiger partial charge in [0.05, 0.1) is 0 Å². The van der Waals surface area contributed by atoms with Crippen LogP contribution in [-0.4, -0.2) is 0 Å². The van der Waals surface area contributed by atoms with E-state index in [1.54, 1.807) is 0 Å². The van der Waals surface area contributed by atoms with Crippen molar-refractivity contribution >= 4 is 11.6 Å². The molecule has 0 N–H and O–H groups in total. The summed E-state index contributed by atoms with van der Waals surface area (Å²) in [4.78, 5) is 0. The van der Waals surface area contributed by atoms with E-state index in [9.17, 15) is 8.78 Å². The largest absolute Gasteiger partial charge is 0.207 e. The van der Waals surface area contributed by atoms with Crippen LogP contribution in [0.15, 0.2) is 18.2 Å². The van der Waals surface area contributed by atoms with Crippen molar-refractivity contribution in [2.75, 3.05) is 0 Å². The first kappa shape index (κ1) is 15.4. The van der Waals surface area contributed by atoms with Crippen LogP contribution >= 0.6 is 11.6 Å². The van der Waals surface area contributed by atoms with Crippen molar-refractivity contribution < 1.29 is 8.78 Å². The van der Waals surface area contributed by atoms with Crippen molar-refractivity contribution in [1.29, 1.82) is 0 Å². The highest BCUT2D eigenvalue weighted by Crippen LogP contribution is 2.29. The molecule has 1 aliphatic carbocycles. The summed E-state index contributed by atoms with van der Waals surface area (Å²) < 4.78 is 24.2. The van der Waals surface area contributed by atoms with E-state index in [0.717, 1.165) is 30.0 Å². The number of hydrogen-bond donors (Lipinski definition) is 0. The lowest BCUT2D eigenvalue weighted by Gasteiger charge is -2.24. The van der Waals surface area contributed by atoms with Crippen LogP contribution in [0.3, 0.4) is 0 Å². The maximum atomic E-state index is 12.1. The van der Waals surface area contributed by atoms with Crippen molar-refractivity contribution in [3.05, 3.63) is 34.9 Å². The summed E-state index contributed by atoms with van der Waals surface area (Å²) in [5, 5.41) is 0.0764. The molecule has 1 aliphatic rings. The standard InChI is InChI=1S/C9H18.C6H3ClF2/c1-8(2)9-6-4-3-5-7-9;7-4-1-5(8)3-6(9)2-4/h8-9H,3-7H2,1-2H3;1-3H. The Morgan fingerprint density at radius 1 is 1.00 bits per heavy atom. The Balaban J connectivity index is 0.000000180. The molecule has 0 unspecified atom stereocenters. The molecule has 102 valence electrons. The van der Waals surface area contributed by atoms with Gasteiger partial charge in [-0.2, -0.15) is 0 Å². The molecule has 0 saturated heterocycles. The van der Waals surface area contributed by atoms with Gasteiger partial charge in [-0.05, 0) is 24.0 Å². The number of benzene rings is 1. The molecule has 0 amide bonds. The summed E-state index contributed by atoms with van der Waals surface area (Å²) in [6.45, 7) is 4.71. The summed E-state index contributed by atoms with van der Waals surface area (Å²) in [5.41, 5.74) is 0. The number of rotatable bonds is 1. The highest BCUT2D eigenvalue weighted by atomic mass is 35.5. The molecule has 0 atom stereocenters. The van der Waals surface area contributed by atoms with Crippen molar-refractivity contribution in [3.8, 4) is 0 Å². The van der Waals surface area contributed by atoms with Gasteiger partial charge in [-0.25, -0.2) is 8.78 Å². The molecule has 0 aliphatic heterocycles. The van der Waals surface area contributed by atoms with Gasteiger partial charge in [-0.1, -0.05) is 57.6 Å². The van der Waals surface area contributed by atoms with Crippen molar-refractivity contribution in [2.24, 2.45) is 11.8 Å². The highest BCUT2D eigenvalue weighted by molar-refractivity contribution is 6.30. The first-order chi connectivity index (χ1) is 8.49. The zero-order valence-corrected chi connectivity index (χ0v) is 11.8. The molecular formula is C15H21ClF2. The minimum absolute atomic E-state index is 0.0764. The smallest absolute Gasteiger partial charge is 0.127 e. The SMILES string of the molecule is CC(C)C1CCCCC1.Fc1cc(F)cc(Cl)c1. The molecule has 18 heavy (non-hydrogen) atoms. The molecule has 1 aromatic carbocycles. The van der Waals surface area contributed by atoms with Crippen LogP contribution < -0.4 is 0 Å². The van der Waals surface area contributed by atoms with Gasteiger partial charge in [0.2, 0.25) is 0 Å². The zero-order chi connectivity index (χ0) is 13.5. The normalized spacial score (nSPS) is 16.3. The minimum Gasteiger partial charge on any atom is -0.207 e. The predicted molar refractivity (Wildman–Crippen MR) is 72.8 cm³/mol. The fraction of sp³-hybridized carbons (Fsp3) is 0.600. The summed E-state index contributed by atoms with van der Waals surface area (Å²) >= 11 is 5.27. The van der Waals surface area contributed by atoms with Crippen molar-refractivity contribution in [3.63, 3.8) is 0 Å². The van der Waals surface area contributed by atoms with Gasteiger partial charge < -0.3 is 0 Å². The predicted octanol–water partition coefficient (Wildman–Crippen LogP) is 5.84. The van der Waals surface area contributed by atoms with Crippen LogP contribution in [0.4, 0.5) is 8.78 Å². The summed E-state index contributed by atoms with van der Waals surface area (Å²) in [7, 11) is 0. The van der Waals surface area contributed by atoms with Gasteiger partial charge in [0.1, 0.15) is 11.6 Å². The molecule has 0 radical (unpaired) electrons. The number of halogens is 3. The van der Waals surface area contributed by atoms with E-state index in [4.69, 9.17) is 11.6 Å². The van der Waals surface area contributed by atoms with Crippen molar-refractivity contribution in [1.82, 2.24) is 0 Å². The molecule has 1 saturated carbocycles. The van der Waals surface area contributed by atoms with Gasteiger partial charge >= 0.3 is 0 Å². The lowest BCUT2D eigenvalue weighted by Crippen LogP contribution is -2.12. The van der Waals surface area contributed by atoms with Crippen molar-refractivity contribution in [2.45, 2.75) is 46.0 Å².